The average Bonchev–Trinajstić information content (AvgIpc) is 3.03. The normalized spacial score (nSPS) is 17.3. The second-order valence-electron chi connectivity index (χ2n) is 5.62. The van der Waals surface area contributed by atoms with Crippen molar-refractivity contribution >= 4 is 5.88 Å². The van der Waals surface area contributed by atoms with E-state index in [1.165, 1.54) is 13.2 Å². The molecule has 2 aromatic rings. The highest BCUT2D eigenvalue weighted by Gasteiger charge is 2.28. The maximum Gasteiger partial charge on any atom is 0.433 e. The Bertz CT molecular complexity index is 783. The fourth-order valence-corrected chi connectivity index (χ4v) is 3.09. The van der Waals surface area contributed by atoms with Gasteiger partial charge in [0.25, 0.3) is 0 Å². The van der Waals surface area contributed by atoms with E-state index in [9.17, 15) is 15.2 Å². The first kappa shape index (κ1) is 16.1. The number of nitro groups is 1. The molecule has 7 nitrogen and oxygen atoms in total. The lowest BCUT2D eigenvalue weighted by molar-refractivity contribution is -0.402. The molecule has 0 spiro atoms. The van der Waals surface area contributed by atoms with E-state index in [0.29, 0.717) is 18.1 Å². The van der Waals surface area contributed by atoms with Crippen LogP contribution in [0.2, 0.25) is 0 Å². The predicted molar refractivity (Wildman–Crippen MR) is 87.1 cm³/mol. The largest absolute Gasteiger partial charge is 0.504 e. The smallest absolute Gasteiger partial charge is 0.433 e. The maximum absolute atomic E-state index is 10.7. The van der Waals surface area contributed by atoms with Crippen molar-refractivity contribution in [3.63, 3.8) is 0 Å². The van der Waals surface area contributed by atoms with Crippen LogP contribution in [0.3, 0.4) is 0 Å². The number of phenolic OH excluding ortho intramolecular Hbond substituents is 1. The van der Waals surface area contributed by atoms with E-state index < -0.39 is 4.92 Å². The molecule has 1 aromatic carbocycles. The molecular formula is C17H18N2O5. The first-order valence-corrected chi connectivity index (χ1v) is 7.53. The van der Waals surface area contributed by atoms with Gasteiger partial charge in [-0.05, 0) is 35.7 Å². The van der Waals surface area contributed by atoms with Gasteiger partial charge < -0.3 is 14.3 Å². The summed E-state index contributed by atoms with van der Waals surface area (Å²) < 4.78 is 10.4. The number of methoxy groups -OCH3 is 1. The summed E-state index contributed by atoms with van der Waals surface area (Å²) in [5.74, 6) is 0.803. The fraction of sp³-hybridized carbons (Fsp3) is 0.294. The van der Waals surface area contributed by atoms with Gasteiger partial charge in [-0.2, -0.15) is 0 Å². The van der Waals surface area contributed by atoms with E-state index in [1.807, 2.05) is 12.1 Å². The van der Waals surface area contributed by atoms with Crippen molar-refractivity contribution in [3.05, 3.63) is 63.9 Å². The van der Waals surface area contributed by atoms with Crippen molar-refractivity contribution in [2.75, 3.05) is 13.7 Å². The van der Waals surface area contributed by atoms with Crippen LogP contribution in [0.25, 0.3) is 0 Å². The second-order valence-corrected chi connectivity index (χ2v) is 5.62. The highest BCUT2D eigenvalue weighted by molar-refractivity contribution is 5.49. The number of benzene rings is 1. The van der Waals surface area contributed by atoms with E-state index in [2.05, 4.69) is 11.5 Å². The zero-order valence-corrected chi connectivity index (χ0v) is 13.3. The molecule has 1 aromatic heterocycles. The van der Waals surface area contributed by atoms with Gasteiger partial charge in [0.2, 0.25) is 0 Å². The molecule has 0 amide bonds. The number of hydrogen-bond donors (Lipinski definition) is 1. The van der Waals surface area contributed by atoms with Crippen LogP contribution in [0.15, 0.2) is 41.3 Å². The van der Waals surface area contributed by atoms with E-state index in [0.717, 1.165) is 24.1 Å². The Morgan fingerprint density at radius 2 is 2.33 bits per heavy atom. The molecule has 0 bridgehead atoms. The summed E-state index contributed by atoms with van der Waals surface area (Å²) in [6.45, 7) is 5.07. The Hall–Kier alpha value is -2.80. The van der Waals surface area contributed by atoms with E-state index in [4.69, 9.17) is 9.15 Å². The average molecular weight is 330 g/mol. The van der Waals surface area contributed by atoms with Crippen LogP contribution in [-0.2, 0) is 13.0 Å². The lowest BCUT2D eigenvalue weighted by Crippen LogP contribution is -2.33. The first-order chi connectivity index (χ1) is 11.5. The van der Waals surface area contributed by atoms with Crippen LogP contribution in [0, 0.1) is 10.1 Å². The van der Waals surface area contributed by atoms with Gasteiger partial charge in [0.15, 0.2) is 11.5 Å². The molecule has 1 N–H and O–H groups in total. The van der Waals surface area contributed by atoms with Gasteiger partial charge in [-0.15, -0.1) is 6.58 Å². The molecule has 1 aliphatic rings. The third kappa shape index (κ3) is 2.85. The standard InChI is InChI=1S/C17H18N2O5/c1-3-14-13-9-16(23-2)15(20)8-11(13)6-7-18(14)10-12-4-5-17(24-12)19(21)22/h3-5,8-9,14,20H,1,6-7,10H2,2H3. The molecule has 0 saturated carbocycles. The van der Waals surface area contributed by atoms with Gasteiger partial charge in [-0.3, -0.25) is 15.0 Å². The lowest BCUT2D eigenvalue weighted by Gasteiger charge is -2.35. The number of furan rings is 1. The van der Waals surface area contributed by atoms with Gasteiger partial charge in [0.1, 0.15) is 10.7 Å². The molecule has 7 heteroatoms. The molecule has 2 heterocycles. The summed E-state index contributed by atoms with van der Waals surface area (Å²) in [6, 6.07) is 6.42. The van der Waals surface area contributed by atoms with Gasteiger partial charge in [-0.1, -0.05) is 6.08 Å². The first-order valence-electron chi connectivity index (χ1n) is 7.53. The van der Waals surface area contributed by atoms with Gasteiger partial charge in [0.05, 0.1) is 25.8 Å². The van der Waals surface area contributed by atoms with Crippen molar-refractivity contribution < 1.29 is 19.2 Å². The Morgan fingerprint density at radius 3 is 2.96 bits per heavy atom. The Kier molecular flexibility index (Phi) is 4.26. The van der Waals surface area contributed by atoms with Crippen LogP contribution < -0.4 is 4.74 Å². The van der Waals surface area contributed by atoms with Crippen molar-refractivity contribution in [1.82, 2.24) is 4.90 Å². The van der Waals surface area contributed by atoms with Crippen LogP contribution in [0.4, 0.5) is 5.88 Å². The van der Waals surface area contributed by atoms with Crippen LogP contribution >= 0.6 is 0 Å². The van der Waals surface area contributed by atoms with Crippen molar-refractivity contribution in [2.24, 2.45) is 0 Å². The lowest BCUT2D eigenvalue weighted by atomic mass is 9.91. The SMILES string of the molecule is C=CC1c2cc(OC)c(O)cc2CCN1Cc1ccc([N+](=O)[O-])o1. The molecule has 0 fully saturated rings. The fourth-order valence-electron chi connectivity index (χ4n) is 3.09. The summed E-state index contributed by atoms with van der Waals surface area (Å²) >= 11 is 0. The zero-order chi connectivity index (χ0) is 17.3. The number of rotatable bonds is 5. The Labute approximate surface area is 138 Å². The molecule has 1 atom stereocenters. The van der Waals surface area contributed by atoms with Gasteiger partial charge in [-0.25, -0.2) is 0 Å². The number of phenols is 1. The molecular weight excluding hydrogens is 312 g/mol. The molecule has 126 valence electrons. The van der Waals surface area contributed by atoms with E-state index in [-0.39, 0.29) is 17.7 Å². The van der Waals surface area contributed by atoms with Gasteiger partial charge in [0, 0.05) is 6.54 Å². The van der Waals surface area contributed by atoms with Crippen LogP contribution in [0.1, 0.15) is 22.9 Å². The minimum atomic E-state index is -0.548. The molecule has 1 aliphatic heterocycles. The molecule has 1 unspecified atom stereocenters. The molecule has 24 heavy (non-hydrogen) atoms. The zero-order valence-electron chi connectivity index (χ0n) is 13.3. The van der Waals surface area contributed by atoms with E-state index >= 15 is 0 Å². The number of ether oxygens (including phenoxy) is 1. The summed E-state index contributed by atoms with van der Waals surface area (Å²) in [5.41, 5.74) is 2.05. The minimum absolute atomic E-state index is 0.0904. The highest BCUT2D eigenvalue weighted by atomic mass is 16.6. The predicted octanol–water partition coefficient (Wildman–Crippen LogP) is 3.19. The van der Waals surface area contributed by atoms with Crippen molar-refractivity contribution in [1.29, 1.82) is 0 Å². The molecule has 0 radical (unpaired) electrons. The van der Waals surface area contributed by atoms with Crippen LogP contribution in [-0.4, -0.2) is 28.6 Å². The Morgan fingerprint density at radius 1 is 1.54 bits per heavy atom. The number of hydrogen-bond acceptors (Lipinski definition) is 6. The monoisotopic (exact) mass is 330 g/mol. The molecule has 0 aliphatic carbocycles. The topological polar surface area (TPSA) is 89.0 Å². The summed E-state index contributed by atoms with van der Waals surface area (Å²) in [5, 5.41) is 20.7. The number of aromatic hydroxyl groups is 1. The highest BCUT2D eigenvalue weighted by Crippen LogP contribution is 2.38. The third-order valence-electron chi connectivity index (χ3n) is 4.23. The quantitative estimate of drug-likeness (QED) is 0.514. The summed E-state index contributed by atoms with van der Waals surface area (Å²) in [7, 11) is 1.51. The van der Waals surface area contributed by atoms with E-state index in [1.54, 1.807) is 12.1 Å². The molecule has 0 saturated heterocycles. The third-order valence-corrected chi connectivity index (χ3v) is 4.23. The second kappa shape index (κ2) is 6.37. The summed E-state index contributed by atoms with van der Waals surface area (Å²) in [4.78, 5) is 12.3. The van der Waals surface area contributed by atoms with Gasteiger partial charge >= 0.3 is 5.88 Å². The van der Waals surface area contributed by atoms with Crippen molar-refractivity contribution in [2.45, 2.75) is 19.0 Å². The van der Waals surface area contributed by atoms with Crippen molar-refractivity contribution in [3.8, 4) is 11.5 Å². The number of nitrogens with zero attached hydrogens (tertiary/aromatic N) is 2. The minimum Gasteiger partial charge on any atom is -0.504 e. The van der Waals surface area contributed by atoms with Crippen LogP contribution in [0.5, 0.6) is 11.5 Å². The Balaban J connectivity index is 1.88. The number of fused-ring (bicyclic) bond motifs is 1. The maximum atomic E-state index is 10.7. The summed E-state index contributed by atoms with van der Waals surface area (Å²) in [6.07, 6.45) is 2.56. The molecule has 3 rings (SSSR count).